The lowest BCUT2D eigenvalue weighted by molar-refractivity contribution is 0.249. The monoisotopic (exact) mass is 452 g/mol. The second-order valence-electron chi connectivity index (χ2n) is 7.85. The van der Waals surface area contributed by atoms with Crippen molar-refractivity contribution in [2.75, 3.05) is 0 Å². The lowest BCUT2D eigenvalue weighted by Crippen LogP contribution is -2.40. The van der Waals surface area contributed by atoms with E-state index in [9.17, 15) is 4.79 Å². The van der Waals surface area contributed by atoms with E-state index in [4.69, 9.17) is 13.9 Å². The Bertz CT molecular complexity index is 1390. The van der Waals surface area contributed by atoms with Gasteiger partial charge in [0.25, 0.3) is 0 Å². The van der Waals surface area contributed by atoms with Gasteiger partial charge in [0, 0.05) is 18.1 Å². The molecule has 0 spiro atoms. The number of rotatable bonds is 8. The molecule has 0 radical (unpaired) electrons. The minimum absolute atomic E-state index is 0.122. The normalized spacial score (nSPS) is 12.4. The van der Waals surface area contributed by atoms with Crippen LogP contribution in [0.5, 0.6) is 5.75 Å². The van der Waals surface area contributed by atoms with Gasteiger partial charge in [0.15, 0.2) is 5.43 Å². The van der Waals surface area contributed by atoms with Crippen molar-refractivity contribution in [3.8, 4) is 17.1 Å². The first-order valence-electron chi connectivity index (χ1n) is 11.5. The van der Waals surface area contributed by atoms with E-state index in [1.807, 2.05) is 98.8 Å². The maximum atomic E-state index is 13.1. The van der Waals surface area contributed by atoms with Gasteiger partial charge in [-0.1, -0.05) is 67.6 Å². The van der Waals surface area contributed by atoms with E-state index in [1.165, 1.54) is 6.07 Å². The van der Waals surface area contributed by atoms with Crippen LogP contribution in [0.2, 0.25) is 0 Å². The van der Waals surface area contributed by atoms with Crippen molar-refractivity contribution in [3.63, 3.8) is 0 Å². The molecule has 0 fully saturated rings. The van der Waals surface area contributed by atoms with Crippen LogP contribution in [0.3, 0.4) is 0 Å². The number of hydrogen-bond donors (Lipinski definition) is 0. The first kappa shape index (κ1) is 23.1. The summed E-state index contributed by atoms with van der Waals surface area (Å²) in [5, 5.41) is 0.479. The van der Waals surface area contributed by atoms with E-state index in [-0.39, 0.29) is 5.43 Å². The van der Waals surface area contributed by atoms with Crippen LogP contribution in [0.15, 0.2) is 100 Å². The third-order valence-corrected chi connectivity index (χ3v) is 5.48. The molecule has 0 aliphatic rings. The summed E-state index contributed by atoms with van der Waals surface area (Å²) >= 11 is 0. The van der Waals surface area contributed by atoms with E-state index < -0.39 is 0 Å². The summed E-state index contributed by atoms with van der Waals surface area (Å²) in [4.78, 5) is 13.1. The lowest BCUT2D eigenvalue weighted by atomic mass is 10.1. The highest BCUT2D eigenvalue weighted by Crippen LogP contribution is 2.21. The van der Waals surface area contributed by atoms with Crippen molar-refractivity contribution < 1.29 is 13.9 Å². The third kappa shape index (κ3) is 5.65. The van der Waals surface area contributed by atoms with Gasteiger partial charge in [0.1, 0.15) is 41.1 Å². The van der Waals surface area contributed by atoms with Gasteiger partial charge in [-0.15, -0.1) is 0 Å². The Morgan fingerprint density at radius 1 is 0.853 bits per heavy atom. The van der Waals surface area contributed by atoms with Crippen LogP contribution in [0.4, 0.5) is 0 Å². The molecule has 0 saturated heterocycles. The summed E-state index contributed by atoms with van der Waals surface area (Å²) in [5.74, 6) is 1.89. The average molecular weight is 453 g/mol. The smallest absolute Gasteiger partial charge is 0.196 e. The highest BCUT2D eigenvalue weighted by Gasteiger charge is 2.09. The van der Waals surface area contributed by atoms with Gasteiger partial charge in [0.2, 0.25) is 0 Å². The number of ether oxygens (including phenoxy) is 2. The molecule has 4 rings (SSSR count). The van der Waals surface area contributed by atoms with E-state index >= 15 is 0 Å². The second kappa shape index (κ2) is 11.2. The average Bonchev–Trinajstić information content (AvgIpc) is 2.89. The van der Waals surface area contributed by atoms with Crippen LogP contribution in [0.1, 0.15) is 31.4 Å². The van der Waals surface area contributed by atoms with Crippen molar-refractivity contribution in [2.24, 2.45) is 0 Å². The van der Waals surface area contributed by atoms with Gasteiger partial charge >= 0.3 is 0 Å². The Morgan fingerprint density at radius 3 is 2.06 bits per heavy atom. The zero-order valence-corrected chi connectivity index (χ0v) is 19.5. The minimum Gasteiger partial charge on any atom is -0.492 e. The van der Waals surface area contributed by atoms with E-state index in [0.717, 1.165) is 22.4 Å². The molecule has 0 bridgehead atoms. The topological polar surface area (TPSA) is 48.7 Å². The summed E-state index contributed by atoms with van der Waals surface area (Å²) in [6.07, 6.45) is 2.39. The van der Waals surface area contributed by atoms with Gasteiger partial charge < -0.3 is 13.9 Å². The van der Waals surface area contributed by atoms with Gasteiger partial charge in [-0.05, 0) is 48.4 Å². The summed E-state index contributed by atoms with van der Waals surface area (Å²) < 4.78 is 18.0. The molecule has 0 amide bonds. The van der Waals surface area contributed by atoms with Crippen molar-refractivity contribution in [1.82, 2.24) is 0 Å². The van der Waals surface area contributed by atoms with Crippen molar-refractivity contribution in [1.29, 1.82) is 0 Å². The minimum atomic E-state index is -0.122. The third-order valence-electron chi connectivity index (χ3n) is 5.48. The summed E-state index contributed by atoms with van der Waals surface area (Å²) in [5.41, 5.74) is 3.35. The Labute approximate surface area is 199 Å². The number of benzene rings is 3. The molecule has 0 saturated carbocycles. The zero-order chi connectivity index (χ0) is 23.8. The fourth-order valence-electron chi connectivity index (χ4n) is 3.68. The van der Waals surface area contributed by atoms with Crippen molar-refractivity contribution >= 4 is 11.8 Å². The molecule has 1 heterocycles. The zero-order valence-electron chi connectivity index (χ0n) is 19.5. The molecular weight excluding hydrogens is 424 g/mol. The van der Waals surface area contributed by atoms with Gasteiger partial charge in [-0.2, -0.15) is 0 Å². The fourth-order valence-corrected chi connectivity index (χ4v) is 3.68. The van der Waals surface area contributed by atoms with Crippen LogP contribution in [-0.2, 0) is 18.0 Å². The largest absolute Gasteiger partial charge is 0.492 e. The molecule has 4 heteroatoms. The Morgan fingerprint density at radius 2 is 1.47 bits per heavy atom. The van der Waals surface area contributed by atoms with E-state index in [1.54, 1.807) is 6.08 Å². The molecule has 172 valence electrons. The molecule has 3 aromatic carbocycles. The molecule has 4 nitrogen and oxygen atoms in total. The molecule has 0 aliphatic carbocycles. The van der Waals surface area contributed by atoms with Crippen LogP contribution < -0.4 is 20.8 Å². The van der Waals surface area contributed by atoms with Crippen LogP contribution in [0.25, 0.3) is 23.2 Å². The summed E-state index contributed by atoms with van der Waals surface area (Å²) in [7, 11) is 0. The van der Waals surface area contributed by atoms with Crippen LogP contribution >= 0.6 is 0 Å². The maximum absolute atomic E-state index is 13.1. The maximum Gasteiger partial charge on any atom is 0.196 e. The molecule has 0 N–H and O–H groups in total. The second-order valence-corrected chi connectivity index (χ2v) is 7.85. The van der Waals surface area contributed by atoms with E-state index in [2.05, 4.69) is 0 Å². The van der Waals surface area contributed by atoms with Crippen LogP contribution in [0, 0.1) is 0 Å². The van der Waals surface area contributed by atoms with Crippen LogP contribution in [-0.4, -0.2) is 0 Å². The van der Waals surface area contributed by atoms with Crippen molar-refractivity contribution in [3.05, 3.63) is 123 Å². The summed E-state index contributed by atoms with van der Waals surface area (Å²) in [6.45, 7) is 4.73. The molecule has 0 aliphatic heterocycles. The Balaban J connectivity index is 1.58. The molecule has 0 unspecified atom stereocenters. The Hall–Kier alpha value is -4.05. The molecule has 4 aromatic rings. The number of hydrogen-bond acceptors (Lipinski definition) is 4. The van der Waals surface area contributed by atoms with Gasteiger partial charge in [0.05, 0.1) is 0 Å². The lowest BCUT2D eigenvalue weighted by Gasteiger charge is -2.10. The fraction of sp³-hybridized carbons (Fsp3) is 0.167. The molecular formula is C30H28O4. The first-order valence-corrected chi connectivity index (χ1v) is 11.5. The molecule has 1 aromatic heterocycles. The summed E-state index contributed by atoms with van der Waals surface area (Å²) in [6, 6.07) is 29.0. The highest BCUT2D eigenvalue weighted by atomic mass is 16.5. The predicted octanol–water partition coefficient (Wildman–Crippen LogP) is 5.42. The standard InChI is InChI=1S/C30H28O4/c1-3-27(33-21-23-13-9-6-10-14-23)30-26(31)19-29(34-28(30)4-2)24-15-17-25(18-16-24)32-20-22-11-7-5-8-12-22/h4-19H,3,20-21H2,1-2H3. The molecule has 0 atom stereocenters. The predicted molar refractivity (Wildman–Crippen MR) is 136 cm³/mol. The van der Waals surface area contributed by atoms with E-state index in [0.29, 0.717) is 41.8 Å². The SMILES string of the molecule is CC=c1oc(-c2ccc(OCc3ccccc3)cc2)cc(=O)c1=C(CC)OCc1ccccc1. The molecule has 34 heavy (non-hydrogen) atoms. The highest BCUT2D eigenvalue weighted by molar-refractivity contribution is 5.58. The van der Waals surface area contributed by atoms with Crippen molar-refractivity contribution in [2.45, 2.75) is 33.5 Å². The quantitative estimate of drug-likeness (QED) is 0.358. The van der Waals surface area contributed by atoms with Gasteiger partial charge in [-0.3, -0.25) is 4.79 Å². The van der Waals surface area contributed by atoms with Gasteiger partial charge in [-0.25, -0.2) is 0 Å². The first-order chi connectivity index (χ1) is 16.7. The Kier molecular flexibility index (Phi) is 7.61.